The molecule has 162 valence electrons. The summed E-state index contributed by atoms with van der Waals surface area (Å²) in [5.41, 5.74) is 3.46. The van der Waals surface area contributed by atoms with Crippen molar-refractivity contribution < 1.29 is 4.79 Å². The lowest BCUT2D eigenvalue weighted by Crippen LogP contribution is -2.50. The van der Waals surface area contributed by atoms with Gasteiger partial charge in [-0.1, -0.05) is 19.1 Å². The van der Waals surface area contributed by atoms with E-state index in [4.69, 9.17) is 9.97 Å². The second-order valence-electron chi connectivity index (χ2n) is 8.48. The van der Waals surface area contributed by atoms with Crippen molar-refractivity contribution in [1.82, 2.24) is 14.9 Å². The molecule has 3 heterocycles. The number of urea groups is 1. The highest BCUT2D eigenvalue weighted by atomic mass is 32.1. The Morgan fingerprint density at radius 3 is 2.71 bits per heavy atom. The number of hydrogen-bond donors (Lipinski definition) is 1. The molecule has 1 aliphatic heterocycles. The van der Waals surface area contributed by atoms with E-state index in [0.29, 0.717) is 13.1 Å². The first kappa shape index (κ1) is 20.2. The van der Waals surface area contributed by atoms with Gasteiger partial charge in [0.2, 0.25) is 0 Å². The minimum atomic E-state index is -0.0276. The van der Waals surface area contributed by atoms with Crippen molar-refractivity contribution in [2.24, 2.45) is 0 Å². The number of benzene rings is 1. The molecule has 1 fully saturated rings. The van der Waals surface area contributed by atoms with Crippen molar-refractivity contribution in [3.05, 3.63) is 46.1 Å². The average molecular weight is 436 g/mol. The van der Waals surface area contributed by atoms with Crippen LogP contribution in [-0.4, -0.2) is 47.1 Å². The quantitative estimate of drug-likeness (QED) is 0.642. The van der Waals surface area contributed by atoms with Gasteiger partial charge >= 0.3 is 6.03 Å². The van der Waals surface area contributed by atoms with Crippen LogP contribution in [0.1, 0.15) is 41.6 Å². The Morgan fingerprint density at radius 2 is 1.94 bits per heavy atom. The first-order valence-electron chi connectivity index (χ1n) is 11.3. The van der Waals surface area contributed by atoms with Crippen molar-refractivity contribution in [2.75, 3.05) is 36.4 Å². The molecule has 5 rings (SSSR count). The molecule has 1 saturated heterocycles. The van der Waals surface area contributed by atoms with Gasteiger partial charge in [-0.3, -0.25) is 0 Å². The monoisotopic (exact) mass is 435 g/mol. The summed E-state index contributed by atoms with van der Waals surface area (Å²) >= 11 is 1.86. The summed E-state index contributed by atoms with van der Waals surface area (Å²) in [6, 6.07) is 7.91. The van der Waals surface area contributed by atoms with Gasteiger partial charge in [-0.15, -0.1) is 11.3 Å². The maximum absolute atomic E-state index is 12.8. The van der Waals surface area contributed by atoms with Gasteiger partial charge in [0.25, 0.3) is 0 Å². The number of carbonyl (C=O) groups is 1. The van der Waals surface area contributed by atoms with Crippen LogP contribution in [0, 0.1) is 6.92 Å². The van der Waals surface area contributed by atoms with Crippen LogP contribution >= 0.6 is 11.3 Å². The molecule has 31 heavy (non-hydrogen) atoms. The summed E-state index contributed by atoms with van der Waals surface area (Å²) in [7, 11) is 0. The molecule has 1 aliphatic carbocycles. The highest BCUT2D eigenvalue weighted by Gasteiger charge is 2.27. The summed E-state index contributed by atoms with van der Waals surface area (Å²) in [6.45, 7) is 7.12. The summed E-state index contributed by atoms with van der Waals surface area (Å²) in [5.74, 6) is 2.00. The molecule has 1 aromatic carbocycles. The van der Waals surface area contributed by atoms with Crippen LogP contribution in [0.4, 0.5) is 16.3 Å². The summed E-state index contributed by atoms with van der Waals surface area (Å²) in [5, 5.41) is 4.31. The predicted octanol–water partition coefficient (Wildman–Crippen LogP) is 4.80. The molecule has 0 bridgehead atoms. The third kappa shape index (κ3) is 3.99. The highest BCUT2D eigenvalue weighted by Crippen LogP contribution is 2.40. The van der Waals surface area contributed by atoms with Gasteiger partial charge in [0, 0.05) is 43.2 Å². The number of nitrogens with zero attached hydrogens (tertiary/aromatic N) is 4. The Kier molecular flexibility index (Phi) is 5.52. The number of hydrogen-bond acceptors (Lipinski definition) is 5. The van der Waals surface area contributed by atoms with Crippen molar-refractivity contribution in [3.63, 3.8) is 0 Å². The van der Waals surface area contributed by atoms with Crippen LogP contribution in [-0.2, 0) is 19.3 Å². The molecule has 0 saturated carbocycles. The Labute approximate surface area is 187 Å². The van der Waals surface area contributed by atoms with E-state index in [0.717, 1.165) is 53.7 Å². The molecule has 7 heteroatoms. The molecule has 0 unspecified atom stereocenters. The maximum Gasteiger partial charge on any atom is 0.321 e. The molecule has 6 nitrogen and oxygen atoms in total. The van der Waals surface area contributed by atoms with Crippen LogP contribution in [0.15, 0.2) is 24.3 Å². The number of amides is 2. The zero-order valence-electron chi connectivity index (χ0n) is 18.3. The molecule has 0 atom stereocenters. The second-order valence-corrected chi connectivity index (χ2v) is 9.57. The van der Waals surface area contributed by atoms with E-state index in [2.05, 4.69) is 17.1 Å². The minimum absolute atomic E-state index is 0.0276. The normalized spacial score (nSPS) is 16.5. The van der Waals surface area contributed by atoms with E-state index >= 15 is 0 Å². The van der Waals surface area contributed by atoms with Gasteiger partial charge in [0.15, 0.2) is 0 Å². The lowest BCUT2D eigenvalue weighted by atomic mass is 9.97. The maximum atomic E-state index is 12.8. The summed E-state index contributed by atoms with van der Waals surface area (Å²) in [6.07, 6.45) is 5.67. The number of nitrogens with one attached hydrogen (secondary N) is 1. The van der Waals surface area contributed by atoms with E-state index in [1.807, 2.05) is 47.4 Å². The standard InChI is InChI=1S/C24H29N5OS/c1-3-20-26-22(21-18-9-4-5-10-19(18)31-23(21)27-20)28-11-13-29(14-12-28)24(30)25-17-8-6-7-16(2)15-17/h6-8,15H,3-5,9-14H2,1-2H3,(H,25,30). The zero-order chi connectivity index (χ0) is 21.4. The average Bonchev–Trinajstić information content (AvgIpc) is 3.17. The fourth-order valence-corrected chi connectivity index (χ4v) is 5.89. The van der Waals surface area contributed by atoms with Crippen LogP contribution < -0.4 is 10.2 Å². The number of thiophene rings is 1. The minimum Gasteiger partial charge on any atom is -0.352 e. The van der Waals surface area contributed by atoms with Crippen LogP contribution in [0.5, 0.6) is 0 Å². The van der Waals surface area contributed by atoms with E-state index in [9.17, 15) is 4.79 Å². The Balaban J connectivity index is 1.35. The number of aryl methyl sites for hydroxylation is 4. The lowest BCUT2D eigenvalue weighted by Gasteiger charge is -2.36. The molecule has 3 aromatic rings. The molecular formula is C24H29N5OS. The smallest absolute Gasteiger partial charge is 0.321 e. The first-order chi connectivity index (χ1) is 15.1. The predicted molar refractivity (Wildman–Crippen MR) is 127 cm³/mol. The van der Waals surface area contributed by atoms with E-state index < -0.39 is 0 Å². The van der Waals surface area contributed by atoms with E-state index in [-0.39, 0.29) is 6.03 Å². The van der Waals surface area contributed by atoms with Crippen molar-refractivity contribution in [3.8, 4) is 0 Å². The molecular weight excluding hydrogens is 406 g/mol. The summed E-state index contributed by atoms with van der Waals surface area (Å²) in [4.78, 5) is 29.5. The number of rotatable bonds is 3. The van der Waals surface area contributed by atoms with Crippen molar-refractivity contribution in [2.45, 2.75) is 46.0 Å². The van der Waals surface area contributed by atoms with Gasteiger partial charge in [-0.05, 0) is 55.9 Å². The number of aromatic nitrogens is 2. The third-order valence-corrected chi connectivity index (χ3v) is 7.48. The molecule has 2 aliphatic rings. The Hall–Kier alpha value is -2.67. The third-order valence-electron chi connectivity index (χ3n) is 6.29. The topological polar surface area (TPSA) is 61.4 Å². The van der Waals surface area contributed by atoms with Gasteiger partial charge in [-0.25, -0.2) is 14.8 Å². The van der Waals surface area contributed by atoms with Gasteiger partial charge < -0.3 is 15.1 Å². The van der Waals surface area contributed by atoms with Gasteiger partial charge in [-0.2, -0.15) is 0 Å². The van der Waals surface area contributed by atoms with Crippen LogP contribution in [0.2, 0.25) is 0 Å². The highest BCUT2D eigenvalue weighted by molar-refractivity contribution is 7.19. The largest absolute Gasteiger partial charge is 0.352 e. The second kappa shape index (κ2) is 8.46. The van der Waals surface area contributed by atoms with Crippen LogP contribution in [0.25, 0.3) is 10.2 Å². The van der Waals surface area contributed by atoms with Gasteiger partial charge in [0.05, 0.1) is 5.39 Å². The fourth-order valence-electron chi connectivity index (χ4n) is 4.61. The molecule has 0 spiro atoms. The molecule has 0 radical (unpaired) electrons. The SMILES string of the molecule is CCc1nc(N2CCN(C(=O)Nc3cccc(C)c3)CC2)c2c3c(sc2n1)CCCC3. The first-order valence-corrected chi connectivity index (χ1v) is 12.1. The van der Waals surface area contributed by atoms with Crippen LogP contribution in [0.3, 0.4) is 0 Å². The van der Waals surface area contributed by atoms with Crippen molar-refractivity contribution >= 4 is 39.1 Å². The Morgan fingerprint density at radius 1 is 1.13 bits per heavy atom. The lowest BCUT2D eigenvalue weighted by molar-refractivity contribution is 0.208. The number of anilines is 2. The zero-order valence-corrected chi connectivity index (χ0v) is 19.1. The molecule has 2 aromatic heterocycles. The number of carbonyl (C=O) groups excluding carboxylic acids is 1. The van der Waals surface area contributed by atoms with E-state index in [1.165, 1.54) is 35.1 Å². The summed E-state index contributed by atoms with van der Waals surface area (Å²) < 4.78 is 0. The van der Waals surface area contributed by atoms with E-state index in [1.54, 1.807) is 0 Å². The number of fused-ring (bicyclic) bond motifs is 3. The van der Waals surface area contributed by atoms with Gasteiger partial charge in [0.1, 0.15) is 16.5 Å². The Bertz CT molecular complexity index is 1120. The van der Waals surface area contributed by atoms with Crippen molar-refractivity contribution in [1.29, 1.82) is 0 Å². The number of piperazine rings is 1. The fraction of sp³-hybridized carbons (Fsp3) is 0.458. The molecule has 1 N–H and O–H groups in total. The molecule has 2 amide bonds.